The third kappa shape index (κ3) is 3.63. The second-order valence-corrected chi connectivity index (χ2v) is 5.38. The molecule has 0 heterocycles. The molecule has 0 aromatic heterocycles. The van der Waals surface area contributed by atoms with Crippen LogP contribution in [-0.2, 0) is 0 Å². The van der Waals surface area contributed by atoms with Gasteiger partial charge in [-0.1, -0.05) is 6.07 Å². The average Bonchev–Trinajstić information content (AvgIpc) is 3.21. The van der Waals surface area contributed by atoms with E-state index in [0.29, 0.717) is 18.8 Å². The lowest BCUT2D eigenvalue weighted by atomic mass is 10.1. The largest absolute Gasteiger partial charge is 0.494 e. The SMILES string of the molecule is CCOc1cc(NC(=O)NCC2(CO)CC2)ccc1C. The number of aliphatic hydroxyl groups excluding tert-OH is 1. The van der Waals surface area contributed by atoms with Gasteiger partial charge in [0.05, 0.1) is 13.2 Å². The predicted octanol–water partition coefficient (Wildman–Crippen LogP) is 2.29. The molecule has 0 unspecified atom stereocenters. The Hall–Kier alpha value is -1.75. The van der Waals surface area contributed by atoms with Crippen LogP contribution in [0.2, 0.25) is 0 Å². The number of aryl methyl sites for hydroxylation is 1. The zero-order valence-corrected chi connectivity index (χ0v) is 12.0. The van der Waals surface area contributed by atoms with Crippen LogP contribution in [-0.4, -0.2) is 30.9 Å². The fraction of sp³-hybridized carbons (Fsp3) is 0.533. The summed E-state index contributed by atoms with van der Waals surface area (Å²) in [5.41, 5.74) is 1.65. The molecule has 1 saturated carbocycles. The lowest BCUT2D eigenvalue weighted by Gasteiger charge is -2.14. The number of anilines is 1. The van der Waals surface area contributed by atoms with Crippen LogP contribution < -0.4 is 15.4 Å². The summed E-state index contributed by atoms with van der Waals surface area (Å²) in [6.45, 7) is 5.13. The van der Waals surface area contributed by atoms with E-state index < -0.39 is 0 Å². The number of hydrogen-bond donors (Lipinski definition) is 3. The number of ether oxygens (including phenoxy) is 1. The van der Waals surface area contributed by atoms with Crippen LogP contribution in [0.4, 0.5) is 10.5 Å². The summed E-state index contributed by atoms with van der Waals surface area (Å²) in [6.07, 6.45) is 1.95. The fourth-order valence-electron chi connectivity index (χ4n) is 2.00. The quantitative estimate of drug-likeness (QED) is 0.747. The van der Waals surface area contributed by atoms with E-state index in [1.165, 1.54) is 0 Å². The van der Waals surface area contributed by atoms with Gasteiger partial charge in [-0.15, -0.1) is 0 Å². The first-order chi connectivity index (χ1) is 9.58. The number of aliphatic hydroxyl groups is 1. The molecule has 20 heavy (non-hydrogen) atoms. The molecule has 0 atom stereocenters. The first kappa shape index (κ1) is 14.7. The van der Waals surface area contributed by atoms with Crippen LogP contribution in [0.3, 0.4) is 0 Å². The highest BCUT2D eigenvalue weighted by Gasteiger charge is 2.42. The maximum atomic E-state index is 11.8. The van der Waals surface area contributed by atoms with Gasteiger partial charge < -0.3 is 20.5 Å². The van der Waals surface area contributed by atoms with Crippen molar-refractivity contribution < 1.29 is 14.6 Å². The summed E-state index contributed by atoms with van der Waals surface area (Å²) >= 11 is 0. The number of urea groups is 1. The van der Waals surface area contributed by atoms with Crippen molar-refractivity contribution in [1.82, 2.24) is 5.32 Å². The predicted molar refractivity (Wildman–Crippen MR) is 78.1 cm³/mol. The van der Waals surface area contributed by atoms with E-state index in [0.717, 1.165) is 24.2 Å². The van der Waals surface area contributed by atoms with Crippen molar-refractivity contribution in [3.05, 3.63) is 23.8 Å². The highest BCUT2D eigenvalue weighted by molar-refractivity contribution is 5.89. The van der Waals surface area contributed by atoms with Gasteiger partial charge in [0.2, 0.25) is 0 Å². The molecule has 0 saturated heterocycles. The van der Waals surface area contributed by atoms with Crippen molar-refractivity contribution >= 4 is 11.7 Å². The van der Waals surface area contributed by atoms with Crippen molar-refractivity contribution in [2.24, 2.45) is 5.41 Å². The highest BCUT2D eigenvalue weighted by Crippen LogP contribution is 2.44. The van der Waals surface area contributed by atoms with Crippen molar-refractivity contribution in [1.29, 1.82) is 0 Å². The molecule has 1 aromatic carbocycles. The van der Waals surface area contributed by atoms with Gasteiger partial charge in [0.1, 0.15) is 5.75 Å². The number of benzene rings is 1. The monoisotopic (exact) mass is 278 g/mol. The van der Waals surface area contributed by atoms with Gasteiger partial charge in [0.15, 0.2) is 0 Å². The lowest BCUT2D eigenvalue weighted by Crippen LogP contribution is -2.35. The van der Waals surface area contributed by atoms with Crippen molar-refractivity contribution in [2.75, 3.05) is 25.1 Å². The average molecular weight is 278 g/mol. The number of carbonyl (C=O) groups excluding carboxylic acids is 1. The summed E-state index contributed by atoms with van der Waals surface area (Å²) in [4.78, 5) is 11.8. The molecule has 1 aliphatic rings. The van der Waals surface area contributed by atoms with E-state index in [-0.39, 0.29) is 18.1 Å². The van der Waals surface area contributed by atoms with Crippen LogP contribution in [0.1, 0.15) is 25.3 Å². The van der Waals surface area contributed by atoms with E-state index in [1.54, 1.807) is 0 Å². The Morgan fingerprint density at radius 1 is 1.45 bits per heavy atom. The maximum Gasteiger partial charge on any atom is 0.319 e. The standard InChI is InChI=1S/C15H22N2O3/c1-3-20-13-8-12(5-4-11(13)2)17-14(19)16-9-15(10-18)6-7-15/h4-5,8,18H,3,6-7,9-10H2,1-2H3,(H2,16,17,19). The zero-order chi connectivity index (χ0) is 14.6. The molecule has 0 aliphatic heterocycles. The Kier molecular flexibility index (Phi) is 4.49. The zero-order valence-electron chi connectivity index (χ0n) is 12.0. The highest BCUT2D eigenvalue weighted by atomic mass is 16.5. The number of amides is 2. The van der Waals surface area contributed by atoms with Crippen LogP contribution in [0.5, 0.6) is 5.75 Å². The molecule has 5 heteroatoms. The van der Waals surface area contributed by atoms with Gasteiger partial charge in [-0.3, -0.25) is 0 Å². The minimum Gasteiger partial charge on any atom is -0.494 e. The van der Waals surface area contributed by atoms with Gasteiger partial charge in [-0.25, -0.2) is 4.79 Å². The molecular weight excluding hydrogens is 256 g/mol. The number of rotatable bonds is 6. The van der Waals surface area contributed by atoms with Crippen LogP contribution in [0.15, 0.2) is 18.2 Å². The minimum absolute atomic E-state index is 0.0822. The topological polar surface area (TPSA) is 70.6 Å². The second kappa shape index (κ2) is 6.13. The summed E-state index contributed by atoms with van der Waals surface area (Å²) in [6, 6.07) is 5.32. The third-order valence-electron chi connectivity index (χ3n) is 3.66. The number of carbonyl (C=O) groups is 1. The summed E-state index contributed by atoms with van der Waals surface area (Å²) in [5.74, 6) is 0.777. The van der Waals surface area contributed by atoms with Gasteiger partial charge in [-0.2, -0.15) is 0 Å². The van der Waals surface area contributed by atoms with Crippen molar-refractivity contribution in [3.63, 3.8) is 0 Å². The molecule has 0 bridgehead atoms. The Balaban J connectivity index is 1.89. The summed E-state index contributed by atoms with van der Waals surface area (Å²) in [7, 11) is 0. The van der Waals surface area contributed by atoms with Gasteiger partial charge in [0, 0.05) is 23.7 Å². The molecule has 1 aromatic rings. The third-order valence-corrected chi connectivity index (χ3v) is 3.66. The Labute approximate surface area is 119 Å². The first-order valence-electron chi connectivity index (χ1n) is 6.98. The molecule has 1 aliphatic carbocycles. The van der Waals surface area contributed by atoms with E-state index in [4.69, 9.17) is 4.74 Å². The summed E-state index contributed by atoms with van der Waals surface area (Å²) < 4.78 is 5.50. The molecule has 1 fully saturated rings. The Morgan fingerprint density at radius 3 is 2.80 bits per heavy atom. The molecular formula is C15H22N2O3. The minimum atomic E-state index is -0.254. The van der Waals surface area contributed by atoms with E-state index in [1.807, 2.05) is 32.0 Å². The Morgan fingerprint density at radius 2 is 2.20 bits per heavy atom. The number of hydrogen-bond acceptors (Lipinski definition) is 3. The molecule has 0 spiro atoms. The maximum absolute atomic E-state index is 11.8. The summed E-state index contributed by atoms with van der Waals surface area (Å²) in [5, 5.41) is 14.8. The Bertz CT molecular complexity index is 484. The van der Waals surface area contributed by atoms with Gasteiger partial charge in [0.25, 0.3) is 0 Å². The molecule has 3 N–H and O–H groups in total. The van der Waals surface area contributed by atoms with E-state index >= 15 is 0 Å². The lowest BCUT2D eigenvalue weighted by molar-refractivity contribution is 0.206. The molecule has 2 amide bonds. The second-order valence-electron chi connectivity index (χ2n) is 5.38. The smallest absolute Gasteiger partial charge is 0.319 e. The number of nitrogens with one attached hydrogen (secondary N) is 2. The van der Waals surface area contributed by atoms with E-state index in [9.17, 15) is 9.90 Å². The van der Waals surface area contributed by atoms with Gasteiger partial charge in [-0.05, 0) is 38.3 Å². The fourth-order valence-corrected chi connectivity index (χ4v) is 2.00. The van der Waals surface area contributed by atoms with Crippen LogP contribution in [0, 0.1) is 12.3 Å². The van der Waals surface area contributed by atoms with Crippen molar-refractivity contribution in [2.45, 2.75) is 26.7 Å². The molecule has 110 valence electrons. The molecule has 0 radical (unpaired) electrons. The molecule has 5 nitrogen and oxygen atoms in total. The normalized spacial score (nSPS) is 15.6. The van der Waals surface area contributed by atoms with Crippen LogP contribution >= 0.6 is 0 Å². The molecule has 2 rings (SSSR count). The first-order valence-corrected chi connectivity index (χ1v) is 6.98. The van der Waals surface area contributed by atoms with Gasteiger partial charge >= 0.3 is 6.03 Å². The van der Waals surface area contributed by atoms with Crippen LogP contribution in [0.25, 0.3) is 0 Å². The van der Waals surface area contributed by atoms with Crippen molar-refractivity contribution in [3.8, 4) is 5.75 Å². The van der Waals surface area contributed by atoms with E-state index in [2.05, 4.69) is 10.6 Å².